The number of rotatable bonds is 6. The highest BCUT2D eigenvalue weighted by molar-refractivity contribution is 8.15. The molecule has 2 aliphatic rings. The van der Waals surface area contributed by atoms with E-state index in [1.807, 2.05) is 30.3 Å². The van der Waals surface area contributed by atoms with Crippen molar-refractivity contribution in [2.45, 2.75) is 11.7 Å². The van der Waals surface area contributed by atoms with Gasteiger partial charge in [-0.2, -0.15) is 0 Å². The zero-order valence-electron chi connectivity index (χ0n) is 18.0. The summed E-state index contributed by atoms with van der Waals surface area (Å²) in [4.78, 5) is 29.3. The number of thioether (sulfide) groups is 1. The van der Waals surface area contributed by atoms with Crippen LogP contribution in [0.25, 0.3) is 0 Å². The maximum absolute atomic E-state index is 12.5. The minimum atomic E-state index is -0.559. The van der Waals surface area contributed by atoms with Gasteiger partial charge in [0, 0.05) is 18.2 Å². The van der Waals surface area contributed by atoms with Crippen LogP contribution < -0.4 is 24.8 Å². The Labute approximate surface area is 200 Å². The van der Waals surface area contributed by atoms with Crippen molar-refractivity contribution in [2.24, 2.45) is 4.99 Å². The molecule has 8 nitrogen and oxygen atoms in total. The molecular weight excluding hydrogens is 454 g/mol. The number of aliphatic imine (C=N–C) groups is 1. The lowest BCUT2D eigenvalue weighted by Crippen LogP contribution is -2.28. The summed E-state index contributed by atoms with van der Waals surface area (Å²) in [6.45, 7) is 1.00. The van der Waals surface area contributed by atoms with Crippen molar-refractivity contribution in [3.05, 3.63) is 72.8 Å². The van der Waals surface area contributed by atoms with Gasteiger partial charge in [0.25, 0.3) is 0 Å². The van der Waals surface area contributed by atoms with E-state index in [4.69, 9.17) is 14.2 Å². The van der Waals surface area contributed by atoms with Crippen LogP contribution in [0.2, 0.25) is 0 Å². The summed E-state index contributed by atoms with van der Waals surface area (Å²) in [6.07, 6.45) is 0.0267. The number of benzene rings is 3. The van der Waals surface area contributed by atoms with Gasteiger partial charge in [-0.3, -0.25) is 9.59 Å². The van der Waals surface area contributed by atoms with Gasteiger partial charge in [-0.25, -0.2) is 4.99 Å². The zero-order valence-corrected chi connectivity index (χ0v) is 18.8. The van der Waals surface area contributed by atoms with Crippen LogP contribution in [0.3, 0.4) is 0 Å². The molecule has 0 spiro atoms. The van der Waals surface area contributed by atoms with Gasteiger partial charge in [0.15, 0.2) is 16.7 Å². The number of para-hydroxylation sites is 1. The smallest absolute Gasteiger partial charge is 0.240 e. The highest BCUT2D eigenvalue weighted by Crippen LogP contribution is 2.35. The molecule has 3 aromatic carbocycles. The number of hydrogen-bond donors (Lipinski definition) is 2. The molecule has 0 aliphatic carbocycles. The van der Waals surface area contributed by atoms with E-state index in [1.165, 1.54) is 11.8 Å². The fourth-order valence-electron chi connectivity index (χ4n) is 3.42. The lowest BCUT2D eigenvalue weighted by Gasteiger charge is -2.18. The van der Waals surface area contributed by atoms with E-state index in [9.17, 15) is 9.59 Å². The lowest BCUT2D eigenvalue weighted by molar-refractivity contribution is -0.122. The van der Waals surface area contributed by atoms with Crippen LogP contribution in [0.15, 0.2) is 77.8 Å². The zero-order chi connectivity index (χ0) is 23.3. The summed E-state index contributed by atoms with van der Waals surface area (Å²) >= 11 is 1.23. The van der Waals surface area contributed by atoms with E-state index < -0.39 is 5.25 Å². The van der Waals surface area contributed by atoms with Crippen molar-refractivity contribution in [3.63, 3.8) is 0 Å². The molecular formula is C25H21N3O5S. The third-order valence-corrected chi connectivity index (χ3v) is 6.10. The van der Waals surface area contributed by atoms with Gasteiger partial charge < -0.3 is 24.8 Å². The molecule has 1 atom stereocenters. The molecule has 5 rings (SSSR count). The van der Waals surface area contributed by atoms with Crippen molar-refractivity contribution in [3.8, 4) is 23.0 Å². The molecule has 0 radical (unpaired) electrons. The van der Waals surface area contributed by atoms with Gasteiger partial charge in [0.2, 0.25) is 11.8 Å². The minimum absolute atomic E-state index is 0.0267. The number of hydrogen-bond acceptors (Lipinski definition) is 7. The summed E-state index contributed by atoms with van der Waals surface area (Å²) in [5.74, 6) is 2.19. The summed E-state index contributed by atoms with van der Waals surface area (Å²) in [5.41, 5.74) is 1.26. The monoisotopic (exact) mass is 475 g/mol. The summed E-state index contributed by atoms with van der Waals surface area (Å²) in [5, 5.41) is 5.45. The number of fused-ring (bicyclic) bond motifs is 1. The Balaban J connectivity index is 1.16. The number of ether oxygens (including phenoxy) is 3. The Morgan fingerprint density at radius 2 is 1.74 bits per heavy atom. The Morgan fingerprint density at radius 1 is 1.00 bits per heavy atom. The van der Waals surface area contributed by atoms with E-state index in [0.29, 0.717) is 47.0 Å². The van der Waals surface area contributed by atoms with Gasteiger partial charge in [0.1, 0.15) is 30.0 Å². The lowest BCUT2D eigenvalue weighted by atomic mass is 10.2. The van der Waals surface area contributed by atoms with Gasteiger partial charge in [-0.15, -0.1) is 0 Å². The van der Waals surface area contributed by atoms with Gasteiger partial charge in [-0.05, 0) is 48.5 Å². The Morgan fingerprint density at radius 3 is 2.53 bits per heavy atom. The molecule has 1 unspecified atom stereocenters. The van der Waals surface area contributed by atoms with Crippen LogP contribution in [0.5, 0.6) is 23.0 Å². The Bertz CT molecular complexity index is 1230. The van der Waals surface area contributed by atoms with E-state index in [0.717, 1.165) is 5.75 Å². The molecule has 0 saturated carbocycles. The van der Waals surface area contributed by atoms with Crippen LogP contribution in [-0.2, 0) is 9.59 Å². The fraction of sp³-hybridized carbons (Fsp3) is 0.160. The number of carbonyl (C=O) groups is 2. The van der Waals surface area contributed by atoms with Crippen LogP contribution in [0, 0.1) is 0 Å². The van der Waals surface area contributed by atoms with Crippen LogP contribution in [0.4, 0.5) is 11.4 Å². The van der Waals surface area contributed by atoms with Crippen molar-refractivity contribution < 1.29 is 23.8 Å². The Hall–Kier alpha value is -3.98. The quantitative estimate of drug-likeness (QED) is 0.545. The van der Waals surface area contributed by atoms with Crippen molar-refractivity contribution in [1.82, 2.24) is 5.32 Å². The third kappa shape index (κ3) is 5.32. The van der Waals surface area contributed by atoms with Crippen molar-refractivity contribution >= 4 is 40.1 Å². The molecule has 2 aliphatic heterocycles. The normalized spacial score (nSPS) is 17.8. The Kier molecular flexibility index (Phi) is 6.35. The average Bonchev–Trinajstić information content (AvgIpc) is 3.19. The highest BCUT2D eigenvalue weighted by Gasteiger charge is 2.32. The molecule has 0 aromatic heterocycles. The predicted octanol–water partition coefficient (Wildman–Crippen LogP) is 4.50. The number of amides is 2. The summed E-state index contributed by atoms with van der Waals surface area (Å²) in [6, 6.07) is 21.8. The second-order valence-corrected chi connectivity index (χ2v) is 8.72. The van der Waals surface area contributed by atoms with Gasteiger partial charge >= 0.3 is 0 Å². The average molecular weight is 476 g/mol. The van der Waals surface area contributed by atoms with E-state index in [-0.39, 0.29) is 18.2 Å². The van der Waals surface area contributed by atoms with Crippen LogP contribution in [-0.4, -0.2) is 35.4 Å². The van der Waals surface area contributed by atoms with E-state index >= 15 is 0 Å². The van der Waals surface area contributed by atoms with Gasteiger partial charge in [-0.1, -0.05) is 30.0 Å². The van der Waals surface area contributed by atoms with E-state index in [1.54, 1.807) is 42.5 Å². The molecule has 1 fully saturated rings. The van der Waals surface area contributed by atoms with Gasteiger partial charge in [0.05, 0.1) is 5.69 Å². The molecule has 9 heteroatoms. The first-order valence-corrected chi connectivity index (χ1v) is 11.6. The first-order chi connectivity index (χ1) is 16.6. The summed E-state index contributed by atoms with van der Waals surface area (Å²) in [7, 11) is 0. The first-order valence-electron chi connectivity index (χ1n) is 10.7. The third-order valence-electron chi connectivity index (χ3n) is 5.02. The molecule has 3 aromatic rings. The molecule has 2 amide bonds. The van der Waals surface area contributed by atoms with E-state index in [2.05, 4.69) is 15.6 Å². The summed E-state index contributed by atoms with van der Waals surface area (Å²) < 4.78 is 16.8. The second-order valence-electron chi connectivity index (χ2n) is 7.53. The SMILES string of the molecule is O=C(CC1SC(=Nc2ccc3c(c2)OCCO3)NC1=O)Nc1ccc(Oc2ccccc2)cc1. The molecule has 2 N–H and O–H groups in total. The molecule has 1 saturated heterocycles. The second kappa shape index (κ2) is 9.88. The topological polar surface area (TPSA) is 98.3 Å². The fourth-order valence-corrected chi connectivity index (χ4v) is 4.41. The number of nitrogens with one attached hydrogen (secondary N) is 2. The largest absolute Gasteiger partial charge is 0.486 e. The standard InChI is InChI=1S/C25H21N3O5S/c29-23(26-16-6-9-19(10-7-16)33-18-4-2-1-3-5-18)15-22-24(30)28-25(34-22)27-17-8-11-20-21(14-17)32-13-12-31-20/h1-11,14,22H,12-13,15H2,(H,26,29)(H,27,28,30). The minimum Gasteiger partial charge on any atom is -0.486 e. The molecule has 172 valence electrons. The number of nitrogens with zero attached hydrogens (tertiary/aromatic N) is 1. The number of anilines is 1. The molecule has 34 heavy (non-hydrogen) atoms. The maximum atomic E-state index is 12.5. The van der Waals surface area contributed by atoms with Crippen molar-refractivity contribution in [1.29, 1.82) is 0 Å². The number of amidine groups is 1. The van der Waals surface area contributed by atoms with Crippen LogP contribution >= 0.6 is 11.8 Å². The maximum Gasteiger partial charge on any atom is 0.240 e. The van der Waals surface area contributed by atoms with Crippen LogP contribution in [0.1, 0.15) is 6.42 Å². The molecule has 0 bridgehead atoms. The predicted molar refractivity (Wildman–Crippen MR) is 130 cm³/mol. The number of carbonyl (C=O) groups excluding carboxylic acids is 2. The molecule has 2 heterocycles. The first kappa shape index (κ1) is 21.8. The van der Waals surface area contributed by atoms with Crippen molar-refractivity contribution in [2.75, 3.05) is 18.5 Å². The highest BCUT2D eigenvalue weighted by atomic mass is 32.2.